The van der Waals surface area contributed by atoms with Crippen LogP contribution in [0.3, 0.4) is 0 Å². The van der Waals surface area contributed by atoms with Crippen molar-refractivity contribution in [2.75, 3.05) is 13.1 Å². The highest BCUT2D eigenvalue weighted by molar-refractivity contribution is 5.67. The third-order valence-electron chi connectivity index (χ3n) is 5.17. The van der Waals surface area contributed by atoms with E-state index in [9.17, 15) is 0 Å². The summed E-state index contributed by atoms with van der Waals surface area (Å²) in [6, 6.07) is 10.9. The predicted molar refractivity (Wildman–Crippen MR) is 105 cm³/mol. The van der Waals surface area contributed by atoms with Gasteiger partial charge in [-0.15, -0.1) is 0 Å². The molecule has 26 heavy (non-hydrogen) atoms. The Hall–Kier alpha value is -2.52. The smallest absolute Gasteiger partial charge is 0.156 e. The van der Waals surface area contributed by atoms with Crippen LogP contribution < -0.4 is 0 Å². The van der Waals surface area contributed by atoms with Crippen LogP contribution in [-0.4, -0.2) is 24.0 Å². The van der Waals surface area contributed by atoms with Crippen LogP contribution >= 0.6 is 0 Å². The minimum atomic E-state index is 0.199. The van der Waals surface area contributed by atoms with Crippen molar-refractivity contribution in [2.24, 2.45) is 0 Å². The lowest BCUT2D eigenvalue weighted by molar-refractivity contribution is 0.153. The van der Waals surface area contributed by atoms with Gasteiger partial charge in [0.05, 0.1) is 6.04 Å². The average molecular weight is 347 g/mol. The van der Waals surface area contributed by atoms with Crippen molar-refractivity contribution in [1.29, 1.82) is 0 Å². The summed E-state index contributed by atoms with van der Waals surface area (Å²) in [5.74, 6) is 0.900. The summed E-state index contributed by atoms with van der Waals surface area (Å²) in [5, 5.41) is 0. The van der Waals surface area contributed by atoms with Gasteiger partial charge >= 0.3 is 0 Å². The van der Waals surface area contributed by atoms with Crippen LogP contribution in [0.25, 0.3) is 5.57 Å². The molecular formula is C23H25NO2. The first kappa shape index (κ1) is 16.9. The second-order valence-electron chi connectivity index (χ2n) is 6.91. The van der Waals surface area contributed by atoms with Gasteiger partial charge in [0.15, 0.2) is 5.76 Å². The van der Waals surface area contributed by atoms with Gasteiger partial charge in [0.1, 0.15) is 18.8 Å². The van der Waals surface area contributed by atoms with Crippen molar-refractivity contribution in [1.82, 2.24) is 4.90 Å². The summed E-state index contributed by atoms with van der Waals surface area (Å²) in [6.45, 7) is 1.97. The maximum atomic E-state index is 5.82. The molecule has 3 heteroatoms. The number of allylic oxidation sites excluding steroid dienone is 3. The van der Waals surface area contributed by atoms with E-state index in [0.29, 0.717) is 0 Å². The molecule has 0 bridgehead atoms. The number of benzene rings is 1. The van der Waals surface area contributed by atoms with Gasteiger partial charge in [0, 0.05) is 13.1 Å². The molecule has 0 saturated carbocycles. The fourth-order valence-electron chi connectivity index (χ4n) is 3.80. The predicted octanol–water partition coefficient (Wildman–Crippen LogP) is 5.17. The molecule has 3 nitrogen and oxygen atoms in total. The molecule has 0 saturated heterocycles. The van der Waals surface area contributed by atoms with Gasteiger partial charge in [-0.05, 0) is 36.8 Å². The Morgan fingerprint density at radius 2 is 2.00 bits per heavy atom. The van der Waals surface area contributed by atoms with E-state index in [1.54, 1.807) is 18.8 Å². The fourth-order valence-corrected chi connectivity index (χ4v) is 3.80. The van der Waals surface area contributed by atoms with Gasteiger partial charge in [-0.2, -0.15) is 0 Å². The van der Waals surface area contributed by atoms with Crippen LogP contribution in [0, 0.1) is 0 Å². The van der Waals surface area contributed by atoms with Crippen LogP contribution in [0.15, 0.2) is 84.8 Å². The van der Waals surface area contributed by atoms with Crippen LogP contribution in [0.2, 0.25) is 0 Å². The zero-order valence-corrected chi connectivity index (χ0v) is 15.0. The zero-order valence-electron chi connectivity index (χ0n) is 15.0. The molecule has 2 heterocycles. The second kappa shape index (κ2) is 8.24. The Morgan fingerprint density at radius 1 is 1.08 bits per heavy atom. The quantitative estimate of drug-likeness (QED) is 0.733. The molecule has 1 aliphatic carbocycles. The molecule has 2 aliphatic heterocycles. The van der Waals surface area contributed by atoms with Gasteiger partial charge in [-0.3, -0.25) is 4.90 Å². The molecule has 0 spiro atoms. The SMILES string of the molecule is C1=CCCC(CC(C2=COC=CO2)N2CCC=C(c3ccccc3)C2)=C1. The number of hydrogen-bond donors (Lipinski definition) is 0. The monoisotopic (exact) mass is 347 g/mol. The summed E-state index contributed by atoms with van der Waals surface area (Å²) in [7, 11) is 0. The molecule has 0 radical (unpaired) electrons. The van der Waals surface area contributed by atoms with Crippen molar-refractivity contribution >= 4 is 5.57 Å². The third kappa shape index (κ3) is 4.00. The van der Waals surface area contributed by atoms with Crippen molar-refractivity contribution < 1.29 is 9.47 Å². The highest BCUT2D eigenvalue weighted by Gasteiger charge is 2.28. The molecule has 0 fully saturated rings. The van der Waals surface area contributed by atoms with E-state index in [4.69, 9.17) is 9.47 Å². The Bertz CT molecular complexity index is 771. The number of rotatable bonds is 5. The molecule has 0 amide bonds. The summed E-state index contributed by atoms with van der Waals surface area (Å²) in [4.78, 5) is 2.52. The Labute approximate surface area is 155 Å². The maximum Gasteiger partial charge on any atom is 0.156 e. The molecule has 0 N–H and O–H groups in total. The summed E-state index contributed by atoms with van der Waals surface area (Å²) < 4.78 is 11.2. The summed E-state index contributed by atoms with van der Waals surface area (Å²) >= 11 is 0. The van der Waals surface area contributed by atoms with Crippen LogP contribution in [0.1, 0.15) is 31.2 Å². The van der Waals surface area contributed by atoms with E-state index < -0.39 is 0 Å². The maximum absolute atomic E-state index is 5.82. The second-order valence-corrected chi connectivity index (χ2v) is 6.91. The average Bonchev–Trinajstić information content (AvgIpc) is 2.74. The molecule has 0 aromatic heterocycles. The van der Waals surface area contributed by atoms with Crippen molar-refractivity contribution in [3.63, 3.8) is 0 Å². The minimum Gasteiger partial charge on any atom is -0.466 e. The molecule has 4 rings (SSSR count). The van der Waals surface area contributed by atoms with Gasteiger partial charge in [-0.25, -0.2) is 0 Å². The normalized spacial score (nSPS) is 21.2. The van der Waals surface area contributed by atoms with Gasteiger partial charge < -0.3 is 9.47 Å². The molecule has 1 aromatic rings. The first-order valence-corrected chi connectivity index (χ1v) is 9.40. The number of ether oxygens (including phenoxy) is 2. The van der Waals surface area contributed by atoms with Crippen molar-refractivity contribution in [3.05, 3.63) is 90.3 Å². The van der Waals surface area contributed by atoms with Crippen molar-refractivity contribution in [3.8, 4) is 0 Å². The molecular weight excluding hydrogens is 322 g/mol. The molecule has 1 aromatic carbocycles. The summed E-state index contributed by atoms with van der Waals surface area (Å²) in [5.41, 5.74) is 4.19. The zero-order chi connectivity index (χ0) is 17.6. The van der Waals surface area contributed by atoms with Crippen molar-refractivity contribution in [2.45, 2.75) is 31.7 Å². The number of nitrogens with zero attached hydrogens (tertiary/aromatic N) is 1. The molecule has 3 aliphatic rings. The lowest BCUT2D eigenvalue weighted by Crippen LogP contribution is -2.41. The Kier molecular flexibility index (Phi) is 5.36. The summed E-state index contributed by atoms with van der Waals surface area (Å²) in [6.07, 6.45) is 18.3. The van der Waals surface area contributed by atoms with Crippen LogP contribution in [0.5, 0.6) is 0 Å². The van der Waals surface area contributed by atoms with Gasteiger partial charge in [-0.1, -0.05) is 60.2 Å². The molecule has 1 atom stereocenters. The first-order valence-electron chi connectivity index (χ1n) is 9.40. The standard InChI is InChI=1S/C23H25NO2/c1-3-8-19(9-4-1)16-22(23-18-25-14-15-26-23)24-13-7-12-21(17-24)20-10-5-2-6-11-20/h1-3,5-6,8,10-12,14-15,18,22H,4,7,9,13,16-17H2. The van der Waals surface area contributed by atoms with Gasteiger partial charge in [0.2, 0.25) is 0 Å². The van der Waals surface area contributed by atoms with E-state index in [2.05, 4.69) is 59.5 Å². The van der Waals surface area contributed by atoms with Crippen LogP contribution in [0.4, 0.5) is 0 Å². The van der Waals surface area contributed by atoms with E-state index >= 15 is 0 Å². The lowest BCUT2D eigenvalue weighted by atomic mass is 9.94. The largest absolute Gasteiger partial charge is 0.466 e. The first-order chi connectivity index (χ1) is 12.9. The third-order valence-corrected chi connectivity index (χ3v) is 5.17. The van der Waals surface area contributed by atoms with Crippen LogP contribution in [-0.2, 0) is 9.47 Å². The Morgan fingerprint density at radius 3 is 2.77 bits per heavy atom. The fraction of sp³-hybridized carbons (Fsp3) is 0.304. The molecule has 134 valence electrons. The number of hydrogen-bond acceptors (Lipinski definition) is 3. The topological polar surface area (TPSA) is 21.7 Å². The van der Waals surface area contributed by atoms with E-state index in [1.807, 2.05) is 0 Å². The van der Waals surface area contributed by atoms with E-state index in [0.717, 1.165) is 44.5 Å². The lowest BCUT2D eigenvalue weighted by Gasteiger charge is -2.36. The molecule has 1 unspecified atom stereocenters. The van der Waals surface area contributed by atoms with E-state index in [1.165, 1.54) is 16.7 Å². The minimum absolute atomic E-state index is 0.199. The highest BCUT2D eigenvalue weighted by atomic mass is 16.5. The van der Waals surface area contributed by atoms with Gasteiger partial charge in [0.25, 0.3) is 0 Å². The highest BCUT2D eigenvalue weighted by Crippen LogP contribution is 2.30. The Balaban J connectivity index is 1.55. The van der Waals surface area contributed by atoms with E-state index in [-0.39, 0.29) is 6.04 Å².